The largest absolute Gasteiger partial charge is 0.436 e. The first-order chi connectivity index (χ1) is 12.5. The van der Waals surface area contributed by atoms with E-state index < -0.39 is 10.0 Å². The first-order valence-electron chi connectivity index (χ1n) is 8.07. The van der Waals surface area contributed by atoms with Crippen molar-refractivity contribution in [1.29, 1.82) is 0 Å². The summed E-state index contributed by atoms with van der Waals surface area (Å²) < 4.78 is 33.4. The second-order valence-corrected chi connectivity index (χ2v) is 7.67. The molecular weight excluding hydrogens is 348 g/mol. The van der Waals surface area contributed by atoms with Gasteiger partial charge >= 0.3 is 0 Å². The summed E-state index contributed by atoms with van der Waals surface area (Å²) in [4.78, 5) is 4.66. The van der Waals surface area contributed by atoms with Gasteiger partial charge in [0.2, 0.25) is 5.89 Å². The van der Waals surface area contributed by atoms with Crippen LogP contribution in [-0.4, -0.2) is 13.4 Å². The van der Waals surface area contributed by atoms with Crippen LogP contribution in [-0.2, 0) is 10.0 Å². The summed E-state index contributed by atoms with van der Waals surface area (Å²) in [7, 11) is -3.66. The van der Waals surface area contributed by atoms with Crippen LogP contribution >= 0.6 is 0 Å². The zero-order valence-corrected chi connectivity index (χ0v) is 14.8. The molecule has 4 rings (SSSR count). The molecule has 0 aliphatic heterocycles. The average molecular weight is 364 g/mol. The van der Waals surface area contributed by atoms with Gasteiger partial charge in [-0.1, -0.05) is 35.9 Å². The third-order valence-corrected chi connectivity index (χ3v) is 5.39. The number of nitrogens with zero attached hydrogens (tertiary/aromatic N) is 1. The van der Waals surface area contributed by atoms with Crippen LogP contribution in [0.1, 0.15) is 5.56 Å². The van der Waals surface area contributed by atoms with Gasteiger partial charge < -0.3 is 4.42 Å². The van der Waals surface area contributed by atoms with Gasteiger partial charge in [0.15, 0.2) is 5.58 Å². The number of rotatable bonds is 4. The summed E-state index contributed by atoms with van der Waals surface area (Å²) in [5.74, 6) is 0.499. The highest BCUT2D eigenvalue weighted by molar-refractivity contribution is 7.92. The van der Waals surface area contributed by atoms with Crippen LogP contribution in [0.4, 0.5) is 5.69 Å². The first kappa shape index (κ1) is 16.4. The van der Waals surface area contributed by atoms with Crippen molar-refractivity contribution in [2.24, 2.45) is 0 Å². The van der Waals surface area contributed by atoms with Crippen LogP contribution in [0.3, 0.4) is 0 Å². The van der Waals surface area contributed by atoms with Gasteiger partial charge in [0.05, 0.1) is 10.6 Å². The predicted molar refractivity (Wildman–Crippen MR) is 101 cm³/mol. The zero-order chi connectivity index (χ0) is 18.1. The van der Waals surface area contributed by atoms with E-state index in [0.717, 1.165) is 11.1 Å². The Labute approximate surface area is 151 Å². The van der Waals surface area contributed by atoms with Crippen LogP contribution in [0.15, 0.2) is 82.1 Å². The fourth-order valence-electron chi connectivity index (χ4n) is 2.62. The van der Waals surface area contributed by atoms with Gasteiger partial charge in [-0.25, -0.2) is 13.4 Å². The fourth-order valence-corrected chi connectivity index (χ4v) is 3.67. The molecule has 0 amide bonds. The number of sulfonamides is 1. The Balaban J connectivity index is 1.66. The molecule has 0 radical (unpaired) electrons. The smallest absolute Gasteiger partial charge is 0.261 e. The van der Waals surface area contributed by atoms with Crippen molar-refractivity contribution in [2.45, 2.75) is 11.8 Å². The Morgan fingerprint density at radius 3 is 2.38 bits per heavy atom. The van der Waals surface area contributed by atoms with E-state index >= 15 is 0 Å². The molecule has 0 unspecified atom stereocenters. The number of oxazole rings is 1. The minimum absolute atomic E-state index is 0.214. The molecule has 6 heteroatoms. The molecule has 1 aromatic heterocycles. The van der Waals surface area contributed by atoms with Crippen molar-refractivity contribution < 1.29 is 12.8 Å². The molecule has 0 fully saturated rings. The Hall–Kier alpha value is -3.12. The van der Waals surface area contributed by atoms with Crippen molar-refractivity contribution in [3.63, 3.8) is 0 Å². The molecule has 5 nitrogen and oxygen atoms in total. The van der Waals surface area contributed by atoms with Gasteiger partial charge in [-0.3, -0.25) is 4.72 Å². The minimum Gasteiger partial charge on any atom is -0.436 e. The van der Waals surface area contributed by atoms with E-state index in [1.165, 1.54) is 0 Å². The first-order valence-corrected chi connectivity index (χ1v) is 9.55. The van der Waals surface area contributed by atoms with Gasteiger partial charge in [0, 0.05) is 11.6 Å². The normalized spacial score (nSPS) is 11.6. The van der Waals surface area contributed by atoms with Crippen LogP contribution in [0.5, 0.6) is 0 Å². The van der Waals surface area contributed by atoms with Crippen molar-refractivity contribution in [1.82, 2.24) is 4.98 Å². The third-order valence-electron chi connectivity index (χ3n) is 3.99. The number of fused-ring (bicyclic) bond motifs is 1. The molecule has 0 aliphatic rings. The van der Waals surface area contributed by atoms with Crippen molar-refractivity contribution in [3.05, 3.63) is 78.4 Å². The summed E-state index contributed by atoms with van der Waals surface area (Å²) in [6, 6.07) is 21.3. The molecule has 0 atom stereocenters. The molecule has 0 aliphatic carbocycles. The third kappa shape index (κ3) is 3.19. The molecule has 0 saturated heterocycles. The Morgan fingerprint density at radius 1 is 0.923 bits per heavy atom. The second-order valence-electron chi connectivity index (χ2n) is 5.99. The molecule has 130 valence electrons. The number of hydrogen-bond donors (Lipinski definition) is 1. The summed E-state index contributed by atoms with van der Waals surface area (Å²) >= 11 is 0. The molecule has 0 spiro atoms. The maximum Gasteiger partial charge on any atom is 0.261 e. The van der Waals surface area contributed by atoms with Gasteiger partial charge in [-0.15, -0.1) is 0 Å². The zero-order valence-electron chi connectivity index (χ0n) is 14.0. The number of aromatic nitrogens is 1. The number of benzene rings is 3. The highest BCUT2D eigenvalue weighted by Crippen LogP contribution is 2.27. The molecule has 0 bridgehead atoms. The molecule has 26 heavy (non-hydrogen) atoms. The monoisotopic (exact) mass is 364 g/mol. The topological polar surface area (TPSA) is 72.2 Å². The average Bonchev–Trinajstić information content (AvgIpc) is 3.06. The van der Waals surface area contributed by atoms with E-state index in [1.807, 2.05) is 37.3 Å². The number of hydrogen-bond acceptors (Lipinski definition) is 4. The highest BCUT2D eigenvalue weighted by atomic mass is 32.2. The van der Waals surface area contributed by atoms with E-state index in [1.54, 1.807) is 42.5 Å². The molecule has 1 heterocycles. The summed E-state index contributed by atoms with van der Waals surface area (Å²) in [5, 5.41) is 0. The van der Waals surface area contributed by atoms with Crippen LogP contribution < -0.4 is 4.72 Å². The number of aryl methyl sites for hydroxylation is 1. The maximum absolute atomic E-state index is 12.5. The van der Waals surface area contributed by atoms with Gasteiger partial charge in [0.25, 0.3) is 10.0 Å². The Kier molecular flexibility index (Phi) is 3.97. The quantitative estimate of drug-likeness (QED) is 0.574. The lowest BCUT2D eigenvalue weighted by Gasteiger charge is -2.08. The molecule has 1 N–H and O–H groups in total. The van der Waals surface area contributed by atoms with E-state index in [2.05, 4.69) is 9.71 Å². The van der Waals surface area contributed by atoms with Crippen molar-refractivity contribution in [3.8, 4) is 11.5 Å². The highest BCUT2D eigenvalue weighted by Gasteiger charge is 2.15. The summed E-state index contributed by atoms with van der Waals surface area (Å²) in [5.41, 5.74) is 3.48. The maximum atomic E-state index is 12.5. The Morgan fingerprint density at radius 2 is 1.65 bits per heavy atom. The molecular formula is C20H16N2O3S. The van der Waals surface area contributed by atoms with Crippen LogP contribution in [0, 0.1) is 6.92 Å². The Bertz CT molecular complexity index is 1160. The SMILES string of the molecule is Cc1ccc(S(=O)(=O)Nc2ccc3nc(-c4ccccc4)oc3c2)cc1. The predicted octanol–water partition coefficient (Wildman–Crippen LogP) is 4.60. The summed E-state index contributed by atoms with van der Waals surface area (Å²) in [6.45, 7) is 1.91. The lowest BCUT2D eigenvalue weighted by atomic mass is 10.2. The minimum atomic E-state index is -3.66. The van der Waals surface area contributed by atoms with Crippen LogP contribution in [0.25, 0.3) is 22.6 Å². The fraction of sp³-hybridized carbons (Fsp3) is 0.0500. The van der Waals surface area contributed by atoms with Gasteiger partial charge in [-0.05, 0) is 43.3 Å². The van der Waals surface area contributed by atoms with E-state index in [-0.39, 0.29) is 4.90 Å². The molecule has 3 aromatic carbocycles. The second kappa shape index (κ2) is 6.31. The van der Waals surface area contributed by atoms with Crippen molar-refractivity contribution >= 4 is 26.8 Å². The lowest BCUT2D eigenvalue weighted by molar-refractivity contribution is 0.601. The molecule has 0 saturated carbocycles. The standard InChI is InChI=1S/C20H16N2O3S/c1-14-7-10-17(11-8-14)26(23,24)22-16-9-12-18-19(13-16)25-20(21-18)15-5-3-2-4-6-15/h2-13,22H,1H3. The lowest BCUT2D eigenvalue weighted by Crippen LogP contribution is -2.12. The van der Waals surface area contributed by atoms with E-state index in [4.69, 9.17) is 4.42 Å². The van der Waals surface area contributed by atoms with E-state index in [0.29, 0.717) is 22.7 Å². The van der Waals surface area contributed by atoms with E-state index in [9.17, 15) is 8.42 Å². The van der Waals surface area contributed by atoms with Gasteiger partial charge in [0.1, 0.15) is 5.52 Å². The number of nitrogens with one attached hydrogen (secondary N) is 1. The van der Waals surface area contributed by atoms with Gasteiger partial charge in [-0.2, -0.15) is 0 Å². The van der Waals surface area contributed by atoms with Crippen LogP contribution in [0.2, 0.25) is 0 Å². The number of anilines is 1. The summed E-state index contributed by atoms with van der Waals surface area (Å²) in [6.07, 6.45) is 0. The van der Waals surface area contributed by atoms with Crippen molar-refractivity contribution in [2.75, 3.05) is 4.72 Å². The molecule has 4 aromatic rings.